The number of carbonyl (C=O) groups excluding carboxylic acids is 1. The lowest BCUT2D eigenvalue weighted by Gasteiger charge is -2.05. The van der Waals surface area contributed by atoms with Crippen molar-refractivity contribution in [3.63, 3.8) is 0 Å². The molecule has 0 heterocycles. The summed E-state index contributed by atoms with van der Waals surface area (Å²) in [6.07, 6.45) is 5.16. The molecule has 3 nitrogen and oxygen atoms in total. The molecule has 2 N–H and O–H groups in total. The van der Waals surface area contributed by atoms with Crippen LogP contribution in [-0.4, -0.2) is 24.2 Å². The summed E-state index contributed by atoms with van der Waals surface area (Å²) < 4.78 is 0. The third kappa shape index (κ3) is 7.85. The molecule has 19 heavy (non-hydrogen) atoms. The molecule has 0 atom stereocenters. The Morgan fingerprint density at radius 3 is 2.47 bits per heavy atom. The molecule has 0 aromatic heterocycles. The van der Waals surface area contributed by atoms with Gasteiger partial charge in [-0.15, -0.1) is 0 Å². The fraction of sp³-hybridized carbons (Fsp3) is 0.533. The predicted molar refractivity (Wildman–Crippen MR) is 78.3 cm³/mol. The van der Waals surface area contributed by atoms with Crippen molar-refractivity contribution < 1.29 is 9.90 Å². The molecule has 0 saturated heterocycles. The van der Waals surface area contributed by atoms with Crippen molar-refractivity contribution in [2.24, 2.45) is 0 Å². The van der Waals surface area contributed by atoms with Gasteiger partial charge < -0.3 is 10.4 Å². The molecule has 1 aromatic carbocycles. The highest BCUT2D eigenvalue weighted by atomic mass is 35.5. The maximum atomic E-state index is 11.6. The summed E-state index contributed by atoms with van der Waals surface area (Å²) in [7, 11) is 0. The Kier molecular flexibility index (Phi) is 8.26. The first kappa shape index (κ1) is 16.0. The van der Waals surface area contributed by atoms with E-state index >= 15 is 0 Å². The maximum absolute atomic E-state index is 11.6. The van der Waals surface area contributed by atoms with E-state index in [2.05, 4.69) is 5.32 Å². The lowest BCUT2D eigenvalue weighted by Crippen LogP contribution is -2.24. The lowest BCUT2D eigenvalue weighted by molar-refractivity contribution is -0.121. The number of aliphatic hydroxyl groups is 1. The first-order valence-electron chi connectivity index (χ1n) is 6.84. The van der Waals surface area contributed by atoms with Crippen molar-refractivity contribution in [1.82, 2.24) is 5.32 Å². The van der Waals surface area contributed by atoms with E-state index in [1.165, 1.54) is 0 Å². The lowest BCUT2D eigenvalue weighted by atomic mass is 10.1. The molecule has 0 unspecified atom stereocenters. The Bertz CT molecular complexity index is 365. The first-order chi connectivity index (χ1) is 9.22. The van der Waals surface area contributed by atoms with Gasteiger partial charge in [0.25, 0.3) is 0 Å². The fourth-order valence-electron chi connectivity index (χ4n) is 1.82. The van der Waals surface area contributed by atoms with E-state index in [9.17, 15) is 4.79 Å². The average Bonchev–Trinajstić information content (AvgIpc) is 2.42. The van der Waals surface area contributed by atoms with Gasteiger partial charge in [0.05, 0.1) is 0 Å². The van der Waals surface area contributed by atoms with Crippen molar-refractivity contribution in [3.05, 3.63) is 34.9 Å². The van der Waals surface area contributed by atoms with Crippen LogP contribution in [-0.2, 0) is 11.2 Å². The average molecular weight is 284 g/mol. The van der Waals surface area contributed by atoms with Crippen LogP contribution in [0.5, 0.6) is 0 Å². The van der Waals surface area contributed by atoms with Crippen LogP contribution in [0.3, 0.4) is 0 Å². The molecule has 0 aliphatic rings. The van der Waals surface area contributed by atoms with Gasteiger partial charge in [0.1, 0.15) is 0 Å². The van der Waals surface area contributed by atoms with E-state index in [4.69, 9.17) is 16.7 Å². The SMILES string of the molecule is O=C(CCc1ccc(Cl)cc1)NCCCCCCO. The Morgan fingerprint density at radius 1 is 1.11 bits per heavy atom. The molecular formula is C15H22ClNO2. The summed E-state index contributed by atoms with van der Waals surface area (Å²) in [5.41, 5.74) is 1.13. The van der Waals surface area contributed by atoms with Crippen LogP contribution in [0.2, 0.25) is 5.02 Å². The van der Waals surface area contributed by atoms with Crippen LogP contribution < -0.4 is 5.32 Å². The molecule has 0 aliphatic heterocycles. The first-order valence-corrected chi connectivity index (χ1v) is 7.22. The number of carbonyl (C=O) groups is 1. The van der Waals surface area contributed by atoms with Gasteiger partial charge in [0, 0.05) is 24.6 Å². The van der Waals surface area contributed by atoms with Crippen LogP contribution in [0, 0.1) is 0 Å². The normalized spacial score (nSPS) is 10.4. The van der Waals surface area contributed by atoms with Crippen LogP contribution in [0.4, 0.5) is 0 Å². The largest absolute Gasteiger partial charge is 0.396 e. The summed E-state index contributed by atoms with van der Waals surface area (Å²) in [5.74, 6) is 0.0945. The standard InChI is InChI=1S/C15H22ClNO2/c16-14-8-5-13(6-9-14)7-10-15(19)17-11-3-1-2-4-12-18/h5-6,8-9,18H,1-4,7,10-12H2,(H,17,19). The third-order valence-electron chi connectivity index (χ3n) is 2.96. The van der Waals surface area contributed by atoms with Gasteiger partial charge in [0.15, 0.2) is 0 Å². The van der Waals surface area contributed by atoms with E-state index in [-0.39, 0.29) is 12.5 Å². The van der Waals surface area contributed by atoms with Gasteiger partial charge in [-0.05, 0) is 37.0 Å². The molecule has 0 radical (unpaired) electrons. The zero-order valence-corrected chi connectivity index (χ0v) is 12.0. The smallest absolute Gasteiger partial charge is 0.220 e. The van der Waals surface area contributed by atoms with Crippen LogP contribution in [0.1, 0.15) is 37.7 Å². The molecule has 4 heteroatoms. The minimum atomic E-state index is 0.0945. The van der Waals surface area contributed by atoms with Crippen molar-refractivity contribution in [2.75, 3.05) is 13.2 Å². The van der Waals surface area contributed by atoms with Gasteiger partial charge in [-0.3, -0.25) is 4.79 Å². The number of hydrogen-bond acceptors (Lipinski definition) is 2. The third-order valence-corrected chi connectivity index (χ3v) is 3.21. The topological polar surface area (TPSA) is 49.3 Å². The number of halogens is 1. The Balaban J connectivity index is 2.06. The number of amides is 1. The zero-order valence-electron chi connectivity index (χ0n) is 11.2. The number of unbranched alkanes of at least 4 members (excludes halogenated alkanes) is 3. The van der Waals surface area contributed by atoms with Crippen LogP contribution in [0.25, 0.3) is 0 Å². The van der Waals surface area contributed by atoms with E-state index in [1.54, 1.807) is 0 Å². The van der Waals surface area contributed by atoms with E-state index < -0.39 is 0 Å². The Morgan fingerprint density at radius 2 is 1.79 bits per heavy atom. The van der Waals surface area contributed by atoms with Crippen molar-refractivity contribution in [2.45, 2.75) is 38.5 Å². The predicted octanol–water partition coefficient (Wildman–Crippen LogP) is 2.94. The summed E-state index contributed by atoms with van der Waals surface area (Å²) >= 11 is 5.80. The number of benzene rings is 1. The van der Waals surface area contributed by atoms with Crippen molar-refractivity contribution >= 4 is 17.5 Å². The fourth-order valence-corrected chi connectivity index (χ4v) is 1.94. The summed E-state index contributed by atoms with van der Waals surface area (Å²) in [5, 5.41) is 12.3. The molecule has 0 bridgehead atoms. The molecule has 1 rings (SSSR count). The molecule has 1 amide bonds. The van der Waals surface area contributed by atoms with E-state index in [1.807, 2.05) is 24.3 Å². The molecular weight excluding hydrogens is 262 g/mol. The minimum Gasteiger partial charge on any atom is -0.396 e. The number of aliphatic hydroxyl groups excluding tert-OH is 1. The summed E-state index contributed by atoms with van der Waals surface area (Å²) in [6, 6.07) is 7.58. The summed E-state index contributed by atoms with van der Waals surface area (Å²) in [6.45, 7) is 0.984. The quantitative estimate of drug-likeness (QED) is 0.685. The molecule has 0 spiro atoms. The molecule has 0 saturated carbocycles. The van der Waals surface area contributed by atoms with Crippen LogP contribution >= 0.6 is 11.6 Å². The highest BCUT2D eigenvalue weighted by Gasteiger charge is 2.01. The number of aryl methyl sites for hydroxylation is 1. The molecule has 0 aliphatic carbocycles. The second-order valence-electron chi connectivity index (χ2n) is 4.61. The molecule has 0 fully saturated rings. The number of hydrogen-bond donors (Lipinski definition) is 2. The minimum absolute atomic E-state index is 0.0945. The zero-order chi connectivity index (χ0) is 13.9. The van der Waals surface area contributed by atoms with E-state index in [0.29, 0.717) is 6.42 Å². The maximum Gasteiger partial charge on any atom is 0.220 e. The second-order valence-corrected chi connectivity index (χ2v) is 5.05. The van der Waals surface area contributed by atoms with Gasteiger partial charge in [-0.2, -0.15) is 0 Å². The van der Waals surface area contributed by atoms with Gasteiger partial charge in [-0.25, -0.2) is 0 Å². The molecule has 1 aromatic rings. The number of rotatable bonds is 9. The van der Waals surface area contributed by atoms with Gasteiger partial charge >= 0.3 is 0 Å². The Hall–Kier alpha value is -1.06. The van der Waals surface area contributed by atoms with Crippen LogP contribution in [0.15, 0.2) is 24.3 Å². The Labute approximate surface area is 120 Å². The van der Waals surface area contributed by atoms with Crippen molar-refractivity contribution in [1.29, 1.82) is 0 Å². The monoisotopic (exact) mass is 283 g/mol. The number of nitrogens with one attached hydrogen (secondary N) is 1. The second kappa shape index (κ2) is 9.82. The highest BCUT2D eigenvalue weighted by Crippen LogP contribution is 2.10. The van der Waals surface area contributed by atoms with E-state index in [0.717, 1.165) is 49.2 Å². The van der Waals surface area contributed by atoms with Gasteiger partial charge in [0.2, 0.25) is 5.91 Å². The molecule has 106 valence electrons. The van der Waals surface area contributed by atoms with Crippen molar-refractivity contribution in [3.8, 4) is 0 Å². The highest BCUT2D eigenvalue weighted by molar-refractivity contribution is 6.30. The summed E-state index contributed by atoms with van der Waals surface area (Å²) in [4.78, 5) is 11.6. The van der Waals surface area contributed by atoms with Gasteiger partial charge in [-0.1, -0.05) is 36.6 Å².